The number of fused-ring (bicyclic) bond motifs is 1. The van der Waals surface area contributed by atoms with E-state index in [4.69, 9.17) is 4.74 Å². The number of thiophene rings is 1. The van der Waals surface area contributed by atoms with Gasteiger partial charge in [-0.2, -0.15) is 0 Å². The van der Waals surface area contributed by atoms with E-state index in [1.807, 2.05) is 17.5 Å². The summed E-state index contributed by atoms with van der Waals surface area (Å²) < 4.78 is 18.9. The lowest BCUT2D eigenvalue weighted by atomic mass is 9.98. The Labute approximate surface area is 175 Å². The van der Waals surface area contributed by atoms with Crippen molar-refractivity contribution in [3.63, 3.8) is 0 Å². The number of rotatable bonds is 3. The molecule has 5 rings (SSSR count). The van der Waals surface area contributed by atoms with Gasteiger partial charge in [0.15, 0.2) is 0 Å². The molecule has 2 aliphatic heterocycles. The van der Waals surface area contributed by atoms with E-state index < -0.39 is 23.5 Å². The highest BCUT2D eigenvalue weighted by atomic mass is 32.1. The molecular weight excluding hydrogens is 405 g/mol. The fourth-order valence-electron chi connectivity index (χ4n) is 3.91. The summed E-state index contributed by atoms with van der Waals surface area (Å²) in [5, 5.41) is 12.9. The first-order valence-corrected chi connectivity index (χ1v) is 10.3. The van der Waals surface area contributed by atoms with Gasteiger partial charge in [-0.05, 0) is 59.5 Å². The highest BCUT2D eigenvalue weighted by molar-refractivity contribution is 7.10. The van der Waals surface area contributed by atoms with Gasteiger partial charge in [-0.1, -0.05) is 6.07 Å². The van der Waals surface area contributed by atoms with E-state index in [0.29, 0.717) is 24.3 Å². The van der Waals surface area contributed by atoms with Crippen LogP contribution in [0.4, 0.5) is 10.1 Å². The molecule has 1 aromatic heterocycles. The number of aliphatic hydroxyl groups excluding tert-OH is 1. The van der Waals surface area contributed by atoms with E-state index in [0.717, 1.165) is 16.2 Å². The summed E-state index contributed by atoms with van der Waals surface area (Å²) >= 11 is 1.38. The number of halogens is 1. The Balaban J connectivity index is 1.68. The van der Waals surface area contributed by atoms with E-state index in [2.05, 4.69) is 0 Å². The highest BCUT2D eigenvalue weighted by Gasteiger charge is 2.47. The van der Waals surface area contributed by atoms with Crippen LogP contribution in [0.5, 0.6) is 5.75 Å². The molecule has 0 saturated carbocycles. The molecule has 7 heteroatoms. The summed E-state index contributed by atoms with van der Waals surface area (Å²) in [6, 6.07) is 13.4. The molecule has 0 radical (unpaired) electrons. The summed E-state index contributed by atoms with van der Waals surface area (Å²) in [7, 11) is 0. The fourth-order valence-corrected chi connectivity index (χ4v) is 4.73. The second kappa shape index (κ2) is 7.11. The normalized spacial score (nSPS) is 19.8. The number of carbonyl (C=O) groups excluding carboxylic acids is 2. The summed E-state index contributed by atoms with van der Waals surface area (Å²) in [6.45, 7) is 0.573. The number of amides is 1. The van der Waals surface area contributed by atoms with Crippen molar-refractivity contribution in [3.05, 3.63) is 87.4 Å². The van der Waals surface area contributed by atoms with Crippen LogP contribution in [0.15, 0.2) is 65.6 Å². The third-order valence-corrected chi connectivity index (χ3v) is 6.25. The van der Waals surface area contributed by atoms with Crippen molar-refractivity contribution in [1.29, 1.82) is 0 Å². The van der Waals surface area contributed by atoms with Crippen molar-refractivity contribution in [2.45, 2.75) is 12.5 Å². The maximum atomic E-state index is 13.4. The minimum Gasteiger partial charge on any atom is -0.507 e. The molecule has 1 unspecified atom stereocenters. The standard InChI is InChI=1S/C23H16FNO4S/c24-15-4-6-16(7-5-15)25-20(18-2-1-11-30-18)19(22(27)23(25)28)21(26)14-3-8-17-13(12-14)9-10-29-17/h1-8,11-12,20,26H,9-10H2/b21-19-. The van der Waals surface area contributed by atoms with Gasteiger partial charge < -0.3 is 9.84 Å². The van der Waals surface area contributed by atoms with E-state index in [1.165, 1.54) is 40.5 Å². The largest absolute Gasteiger partial charge is 0.507 e. The first-order chi connectivity index (χ1) is 14.5. The minimum absolute atomic E-state index is 0.0191. The number of benzene rings is 2. The van der Waals surface area contributed by atoms with Gasteiger partial charge in [-0.15, -0.1) is 11.3 Å². The highest BCUT2D eigenvalue weighted by Crippen LogP contribution is 2.44. The summed E-state index contributed by atoms with van der Waals surface area (Å²) in [6.07, 6.45) is 0.717. The molecule has 1 fully saturated rings. The number of ether oxygens (including phenoxy) is 1. The number of hydrogen-bond acceptors (Lipinski definition) is 5. The van der Waals surface area contributed by atoms with Gasteiger partial charge >= 0.3 is 0 Å². The van der Waals surface area contributed by atoms with Crippen LogP contribution in [0.2, 0.25) is 0 Å². The molecule has 5 nitrogen and oxygen atoms in total. The summed E-state index contributed by atoms with van der Waals surface area (Å²) in [5.74, 6) is -1.44. The van der Waals surface area contributed by atoms with Crippen LogP contribution in [0.3, 0.4) is 0 Å². The van der Waals surface area contributed by atoms with Gasteiger partial charge in [-0.25, -0.2) is 4.39 Å². The third kappa shape index (κ3) is 2.90. The van der Waals surface area contributed by atoms with Gasteiger partial charge in [-0.3, -0.25) is 14.5 Å². The van der Waals surface area contributed by atoms with E-state index >= 15 is 0 Å². The molecule has 150 valence electrons. The van der Waals surface area contributed by atoms with Crippen LogP contribution in [0.25, 0.3) is 5.76 Å². The quantitative estimate of drug-likeness (QED) is 0.386. The molecule has 3 aromatic rings. The second-order valence-electron chi connectivity index (χ2n) is 7.08. The van der Waals surface area contributed by atoms with Crippen molar-refractivity contribution in [3.8, 4) is 5.75 Å². The summed E-state index contributed by atoms with van der Waals surface area (Å²) in [4.78, 5) is 28.0. The smallest absolute Gasteiger partial charge is 0.300 e. The Morgan fingerprint density at radius 3 is 2.67 bits per heavy atom. The second-order valence-corrected chi connectivity index (χ2v) is 8.06. The minimum atomic E-state index is -0.792. The number of Topliss-reactive ketones (excluding diaryl/α,β-unsaturated/α-hetero) is 1. The van der Waals surface area contributed by atoms with Crippen LogP contribution < -0.4 is 9.64 Å². The van der Waals surface area contributed by atoms with E-state index in [-0.39, 0.29) is 11.3 Å². The molecule has 2 aliphatic rings. The monoisotopic (exact) mass is 421 g/mol. The Bertz CT molecular complexity index is 1180. The predicted molar refractivity (Wildman–Crippen MR) is 111 cm³/mol. The molecular formula is C23H16FNO4S. The topological polar surface area (TPSA) is 66.8 Å². The molecule has 3 heterocycles. The number of hydrogen-bond donors (Lipinski definition) is 1. The first kappa shape index (κ1) is 18.6. The Hall–Kier alpha value is -3.45. The van der Waals surface area contributed by atoms with Gasteiger partial charge in [0.05, 0.1) is 12.2 Å². The van der Waals surface area contributed by atoms with Gasteiger partial charge in [0.2, 0.25) is 0 Å². The van der Waals surface area contributed by atoms with Crippen LogP contribution >= 0.6 is 11.3 Å². The maximum Gasteiger partial charge on any atom is 0.300 e. The Kier molecular flexibility index (Phi) is 4.40. The zero-order valence-electron chi connectivity index (χ0n) is 15.7. The van der Waals surface area contributed by atoms with Crippen molar-refractivity contribution >= 4 is 34.5 Å². The van der Waals surface area contributed by atoms with Crippen LogP contribution in [0.1, 0.15) is 22.0 Å². The zero-order valence-corrected chi connectivity index (χ0v) is 16.5. The van der Waals surface area contributed by atoms with Crippen molar-refractivity contribution in [2.75, 3.05) is 11.5 Å². The number of nitrogens with zero attached hydrogens (tertiary/aromatic N) is 1. The Morgan fingerprint density at radius 2 is 1.93 bits per heavy atom. The molecule has 30 heavy (non-hydrogen) atoms. The van der Waals surface area contributed by atoms with Crippen LogP contribution in [-0.4, -0.2) is 23.4 Å². The van der Waals surface area contributed by atoms with E-state index in [1.54, 1.807) is 18.2 Å². The summed E-state index contributed by atoms with van der Waals surface area (Å²) in [5.41, 5.74) is 1.81. The molecule has 0 aliphatic carbocycles. The number of carbonyl (C=O) groups is 2. The Morgan fingerprint density at radius 1 is 1.13 bits per heavy atom. The van der Waals surface area contributed by atoms with Gasteiger partial charge in [0.1, 0.15) is 23.4 Å². The van der Waals surface area contributed by atoms with E-state index in [9.17, 15) is 19.1 Å². The SMILES string of the molecule is O=C1C(=O)N(c2ccc(F)cc2)C(c2cccs2)/C1=C(/O)c1ccc2c(c1)CCO2. The molecule has 2 aromatic carbocycles. The number of anilines is 1. The van der Waals surface area contributed by atoms with Crippen molar-refractivity contribution < 1.29 is 23.8 Å². The van der Waals surface area contributed by atoms with Crippen LogP contribution in [0, 0.1) is 5.82 Å². The number of ketones is 1. The van der Waals surface area contributed by atoms with Gasteiger partial charge in [0, 0.05) is 22.5 Å². The predicted octanol–water partition coefficient (Wildman–Crippen LogP) is 4.45. The zero-order chi connectivity index (χ0) is 20.8. The fraction of sp³-hybridized carbons (Fsp3) is 0.130. The molecule has 1 N–H and O–H groups in total. The third-order valence-electron chi connectivity index (χ3n) is 5.32. The molecule has 1 saturated heterocycles. The van der Waals surface area contributed by atoms with Crippen LogP contribution in [-0.2, 0) is 16.0 Å². The maximum absolute atomic E-state index is 13.4. The first-order valence-electron chi connectivity index (χ1n) is 9.40. The van der Waals surface area contributed by atoms with Gasteiger partial charge in [0.25, 0.3) is 11.7 Å². The van der Waals surface area contributed by atoms with Crippen molar-refractivity contribution in [1.82, 2.24) is 0 Å². The lowest BCUT2D eigenvalue weighted by Gasteiger charge is -2.24. The molecule has 0 spiro atoms. The molecule has 1 atom stereocenters. The van der Waals surface area contributed by atoms with Crippen molar-refractivity contribution in [2.24, 2.45) is 0 Å². The number of aliphatic hydroxyl groups is 1. The lowest BCUT2D eigenvalue weighted by Crippen LogP contribution is -2.29. The average molecular weight is 421 g/mol. The lowest BCUT2D eigenvalue weighted by molar-refractivity contribution is -0.132. The molecule has 0 bridgehead atoms. The molecule has 1 amide bonds. The average Bonchev–Trinajstić information content (AvgIpc) is 3.48.